The zero-order chi connectivity index (χ0) is 11.5. The summed E-state index contributed by atoms with van der Waals surface area (Å²) in [7, 11) is 0. The van der Waals surface area contributed by atoms with Crippen molar-refractivity contribution in [3.05, 3.63) is 27.7 Å². The Morgan fingerprint density at radius 2 is 2.25 bits per heavy atom. The summed E-state index contributed by atoms with van der Waals surface area (Å²) in [6, 6.07) is 3.64. The van der Waals surface area contributed by atoms with E-state index >= 15 is 0 Å². The summed E-state index contributed by atoms with van der Waals surface area (Å²) in [5.74, 6) is 1.73. The van der Waals surface area contributed by atoms with E-state index in [-0.39, 0.29) is 0 Å². The highest BCUT2D eigenvalue weighted by atomic mass is 127. The van der Waals surface area contributed by atoms with Crippen molar-refractivity contribution in [3.63, 3.8) is 0 Å². The van der Waals surface area contributed by atoms with Crippen molar-refractivity contribution < 1.29 is 4.42 Å². The molecule has 2 N–H and O–H groups in total. The lowest BCUT2D eigenvalue weighted by Gasteiger charge is -2.06. The molecule has 0 saturated carbocycles. The van der Waals surface area contributed by atoms with Crippen molar-refractivity contribution in [2.24, 2.45) is 0 Å². The SMILES string of the molecule is CCCc1nc(-c2ccco2)nc(N)c1I. The third kappa shape index (κ3) is 2.18. The van der Waals surface area contributed by atoms with Gasteiger partial charge in [-0.05, 0) is 41.1 Å². The van der Waals surface area contributed by atoms with Gasteiger partial charge in [0.25, 0.3) is 0 Å². The lowest BCUT2D eigenvalue weighted by Crippen LogP contribution is -2.04. The van der Waals surface area contributed by atoms with E-state index in [9.17, 15) is 0 Å². The van der Waals surface area contributed by atoms with Crippen LogP contribution >= 0.6 is 22.6 Å². The molecule has 5 heteroatoms. The minimum absolute atomic E-state index is 0.519. The predicted molar refractivity (Wildman–Crippen MR) is 70.9 cm³/mol. The highest BCUT2D eigenvalue weighted by Crippen LogP contribution is 2.23. The molecule has 0 bridgehead atoms. The summed E-state index contributed by atoms with van der Waals surface area (Å²) >= 11 is 2.18. The van der Waals surface area contributed by atoms with Crippen LogP contribution in [-0.4, -0.2) is 9.97 Å². The molecule has 0 unspecified atom stereocenters. The first kappa shape index (κ1) is 11.4. The van der Waals surface area contributed by atoms with Gasteiger partial charge in [0.1, 0.15) is 5.82 Å². The topological polar surface area (TPSA) is 64.9 Å². The molecule has 2 aromatic rings. The van der Waals surface area contributed by atoms with E-state index < -0.39 is 0 Å². The van der Waals surface area contributed by atoms with E-state index in [1.807, 2.05) is 12.1 Å². The van der Waals surface area contributed by atoms with Crippen LogP contribution in [0.4, 0.5) is 5.82 Å². The molecule has 0 aliphatic heterocycles. The number of aromatic nitrogens is 2. The Bertz CT molecular complexity index is 482. The van der Waals surface area contributed by atoms with Gasteiger partial charge in [-0.2, -0.15) is 0 Å². The zero-order valence-electron chi connectivity index (χ0n) is 8.90. The molecule has 2 rings (SSSR count). The molecule has 0 saturated heterocycles. The lowest BCUT2D eigenvalue weighted by atomic mass is 10.2. The molecule has 2 heterocycles. The second-order valence-corrected chi connectivity index (χ2v) is 4.50. The Kier molecular flexibility index (Phi) is 3.42. The molecule has 0 aliphatic rings. The zero-order valence-corrected chi connectivity index (χ0v) is 11.1. The van der Waals surface area contributed by atoms with Crippen molar-refractivity contribution in [3.8, 4) is 11.6 Å². The van der Waals surface area contributed by atoms with Crippen LogP contribution in [0, 0.1) is 3.57 Å². The molecule has 0 atom stereocenters. The quantitative estimate of drug-likeness (QED) is 0.880. The van der Waals surface area contributed by atoms with Gasteiger partial charge in [0, 0.05) is 0 Å². The molecular formula is C11H12IN3O. The van der Waals surface area contributed by atoms with Crippen LogP contribution in [0.1, 0.15) is 19.0 Å². The maximum atomic E-state index is 5.86. The summed E-state index contributed by atoms with van der Waals surface area (Å²) in [5, 5.41) is 0. The maximum absolute atomic E-state index is 5.86. The first-order valence-corrected chi connectivity index (χ1v) is 6.16. The summed E-state index contributed by atoms with van der Waals surface area (Å²) in [6.45, 7) is 2.11. The fourth-order valence-corrected chi connectivity index (χ4v) is 1.94. The van der Waals surface area contributed by atoms with Crippen molar-refractivity contribution in [2.45, 2.75) is 19.8 Å². The van der Waals surface area contributed by atoms with Crippen molar-refractivity contribution in [1.82, 2.24) is 9.97 Å². The number of aryl methyl sites for hydroxylation is 1. The minimum atomic E-state index is 0.519. The van der Waals surface area contributed by atoms with E-state index in [0.29, 0.717) is 17.4 Å². The van der Waals surface area contributed by atoms with Crippen LogP contribution in [0.25, 0.3) is 11.6 Å². The van der Waals surface area contributed by atoms with Gasteiger partial charge in [0.2, 0.25) is 0 Å². The number of nitrogen functional groups attached to an aromatic ring is 1. The molecule has 0 radical (unpaired) electrons. The Balaban J connectivity index is 2.48. The van der Waals surface area contributed by atoms with E-state index in [1.165, 1.54) is 0 Å². The third-order valence-corrected chi connectivity index (χ3v) is 3.35. The van der Waals surface area contributed by atoms with Crippen LogP contribution in [0.3, 0.4) is 0 Å². The molecule has 84 valence electrons. The number of rotatable bonds is 3. The van der Waals surface area contributed by atoms with E-state index in [0.717, 1.165) is 22.1 Å². The molecule has 0 aliphatic carbocycles. The van der Waals surface area contributed by atoms with Crippen molar-refractivity contribution >= 4 is 28.4 Å². The van der Waals surface area contributed by atoms with Gasteiger partial charge >= 0.3 is 0 Å². The van der Waals surface area contributed by atoms with Crippen LogP contribution < -0.4 is 5.73 Å². The average Bonchev–Trinajstić information content (AvgIpc) is 2.78. The van der Waals surface area contributed by atoms with Gasteiger partial charge in [0.05, 0.1) is 15.5 Å². The smallest absolute Gasteiger partial charge is 0.197 e. The lowest BCUT2D eigenvalue weighted by molar-refractivity contribution is 0.576. The number of furan rings is 1. The Morgan fingerprint density at radius 1 is 1.44 bits per heavy atom. The molecule has 0 fully saturated rings. The fourth-order valence-electron chi connectivity index (χ4n) is 1.43. The summed E-state index contributed by atoms with van der Waals surface area (Å²) < 4.78 is 6.20. The van der Waals surface area contributed by atoms with E-state index in [4.69, 9.17) is 10.2 Å². The van der Waals surface area contributed by atoms with Crippen molar-refractivity contribution in [2.75, 3.05) is 5.73 Å². The standard InChI is InChI=1S/C11H12IN3O/c1-2-4-7-9(12)10(13)15-11(14-7)8-5-3-6-16-8/h3,5-6H,2,4H2,1H3,(H2,13,14,15). The minimum Gasteiger partial charge on any atom is -0.461 e. The number of hydrogen-bond acceptors (Lipinski definition) is 4. The van der Waals surface area contributed by atoms with Gasteiger partial charge in [-0.25, -0.2) is 9.97 Å². The number of nitrogens with zero attached hydrogens (tertiary/aromatic N) is 2. The summed E-state index contributed by atoms with van der Waals surface area (Å²) in [5.41, 5.74) is 6.85. The highest BCUT2D eigenvalue weighted by Gasteiger charge is 2.12. The van der Waals surface area contributed by atoms with Gasteiger partial charge in [-0.3, -0.25) is 0 Å². The Labute approximate surface area is 107 Å². The average molecular weight is 329 g/mol. The number of anilines is 1. The van der Waals surface area contributed by atoms with Crippen LogP contribution in [0.15, 0.2) is 22.8 Å². The molecule has 0 aromatic carbocycles. The monoisotopic (exact) mass is 329 g/mol. The van der Waals surface area contributed by atoms with Gasteiger partial charge in [0.15, 0.2) is 11.6 Å². The van der Waals surface area contributed by atoms with E-state index in [1.54, 1.807) is 6.26 Å². The third-order valence-electron chi connectivity index (χ3n) is 2.17. The van der Waals surface area contributed by atoms with E-state index in [2.05, 4.69) is 39.5 Å². The molecule has 0 spiro atoms. The second kappa shape index (κ2) is 4.82. The number of hydrogen-bond donors (Lipinski definition) is 1. The van der Waals surface area contributed by atoms with Gasteiger partial charge < -0.3 is 10.2 Å². The summed E-state index contributed by atoms with van der Waals surface area (Å²) in [4.78, 5) is 8.70. The molecule has 16 heavy (non-hydrogen) atoms. The highest BCUT2D eigenvalue weighted by molar-refractivity contribution is 14.1. The molecule has 0 amide bonds. The Morgan fingerprint density at radius 3 is 2.88 bits per heavy atom. The van der Waals surface area contributed by atoms with Crippen LogP contribution in [-0.2, 0) is 6.42 Å². The molecule has 4 nitrogen and oxygen atoms in total. The summed E-state index contributed by atoms with van der Waals surface area (Å²) in [6.07, 6.45) is 3.54. The van der Waals surface area contributed by atoms with Crippen molar-refractivity contribution in [1.29, 1.82) is 0 Å². The second-order valence-electron chi connectivity index (χ2n) is 3.42. The first-order valence-electron chi connectivity index (χ1n) is 5.08. The normalized spacial score (nSPS) is 10.6. The Hall–Kier alpha value is -1.11. The van der Waals surface area contributed by atoms with Crippen LogP contribution in [0.2, 0.25) is 0 Å². The molecule has 2 aromatic heterocycles. The number of halogens is 1. The van der Waals surface area contributed by atoms with Crippen LogP contribution in [0.5, 0.6) is 0 Å². The molecular weight excluding hydrogens is 317 g/mol. The fraction of sp³-hybridized carbons (Fsp3) is 0.273. The predicted octanol–water partition coefficient (Wildman–Crippen LogP) is 2.88. The largest absolute Gasteiger partial charge is 0.461 e. The maximum Gasteiger partial charge on any atom is 0.197 e. The number of nitrogens with two attached hydrogens (primary N) is 1. The van der Waals surface area contributed by atoms with Gasteiger partial charge in [-0.15, -0.1) is 0 Å². The first-order chi connectivity index (χ1) is 7.72. The van der Waals surface area contributed by atoms with Gasteiger partial charge in [-0.1, -0.05) is 13.3 Å².